The number of Topliss-reactive ketones (excluding diaryl/α,β-unsaturated/α-hetero) is 1. The molecule has 0 radical (unpaired) electrons. The molecule has 0 saturated carbocycles. The molecule has 252 valence electrons. The molecule has 13 heteroatoms. The van der Waals surface area contributed by atoms with Gasteiger partial charge in [0.25, 0.3) is 17.6 Å². The molecule has 0 unspecified atom stereocenters. The van der Waals surface area contributed by atoms with Gasteiger partial charge in [0.05, 0.1) is 37.7 Å². The van der Waals surface area contributed by atoms with Crippen molar-refractivity contribution in [3.8, 4) is 34.3 Å². The maximum Gasteiger partial charge on any atom is 0.299 e. The molecule has 4 aromatic carbocycles. The fourth-order valence-electron chi connectivity index (χ4n) is 5.91. The second-order valence-corrected chi connectivity index (χ2v) is 12.3. The normalized spacial score (nSPS) is 13.5. The molecule has 50 heavy (non-hydrogen) atoms. The van der Waals surface area contributed by atoms with Gasteiger partial charge in [0.15, 0.2) is 23.0 Å². The Kier molecular flexibility index (Phi) is 8.88. The van der Waals surface area contributed by atoms with Gasteiger partial charge in [-0.05, 0) is 42.0 Å². The van der Waals surface area contributed by atoms with Gasteiger partial charge < -0.3 is 29.2 Å². The first-order valence-corrected chi connectivity index (χ1v) is 16.4. The van der Waals surface area contributed by atoms with E-state index in [2.05, 4.69) is 5.32 Å². The van der Waals surface area contributed by atoms with Crippen LogP contribution in [0.25, 0.3) is 11.3 Å². The molecule has 1 aromatic heterocycles. The molecule has 0 saturated heterocycles. The van der Waals surface area contributed by atoms with E-state index in [9.17, 15) is 19.2 Å². The van der Waals surface area contributed by atoms with E-state index < -0.39 is 36.1 Å². The van der Waals surface area contributed by atoms with E-state index in [4.69, 9.17) is 23.9 Å². The van der Waals surface area contributed by atoms with Crippen LogP contribution < -0.4 is 29.2 Å². The van der Waals surface area contributed by atoms with Crippen molar-refractivity contribution in [1.29, 1.82) is 0 Å². The summed E-state index contributed by atoms with van der Waals surface area (Å²) in [6.07, 6.45) is 0. The molecule has 0 aliphatic carbocycles. The molecule has 5 aromatic rings. The summed E-state index contributed by atoms with van der Waals surface area (Å²) in [6.45, 7) is -0.538. The highest BCUT2D eigenvalue weighted by atomic mass is 32.1. The standard InChI is InChI=1S/C37H30N4O8S/c1-46-28-14-12-23(16-30(28)47-2)34(36(44)38-24-13-15-29-31(17-24)49-21-48-29)41(18-32-39-26(20-50-32)22-8-4-3-5-9-22)33(42)19-40-27-11-7-6-10-25(27)35(43)37(40)45/h3-17,20,34H,18-19,21H2,1-2H3,(H,38,44)/t34-/m0/s1. The van der Waals surface area contributed by atoms with Crippen LogP contribution in [0.5, 0.6) is 23.0 Å². The van der Waals surface area contributed by atoms with Crippen LogP contribution in [0.4, 0.5) is 11.4 Å². The van der Waals surface area contributed by atoms with Crippen LogP contribution in [-0.4, -0.2) is 60.9 Å². The lowest BCUT2D eigenvalue weighted by atomic mass is 10.0. The number of nitrogens with zero attached hydrogens (tertiary/aromatic N) is 3. The first kappa shape index (κ1) is 32.3. The molecule has 2 aliphatic heterocycles. The van der Waals surface area contributed by atoms with Crippen molar-refractivity contribution in [1.82, 2.24) is 9.88 Å². The molecule has 1 N–H and O–H groups in total. The summed E-state index contributed by atoms with van der Waals surface area (Å²) >= 11 is 1.33. The van der Waals surface area contributed by atoms with Crippen molar-refractivity contribution in [2.75, 3.05) is 37.8 Å². The van der Waals surface area contributed by atoms with Crippen LogP contribution in [0.3, 0.4) is 0 Å². The van der Waals surface area contributed by atoms with Crippen molar-refractivity contribution < 1.29 is 38.1 Å². The second-order valence-electron chi connectivity index (χ2n) is 11.3. The Hall–Kier alpha value is -6.21. The number of rotatable bonds is 11. The van der Waals surface area contributed by atoms with Crippen molar-refractivity contribution in [3.05, 3.63) is 113 Å². The number of benzene rings is 4. The lowest BCUT2D eigenvalue weighted by Crippen LogP contribution is -2.46. The number of anilines is 2. The van der Waals surface area contributed by atoms with Crippen LogP contribution in [0.1, 0.15) is 27.0 Å². The van der Waals surface area contributed by atoms with Crippen LogP contribution in [0.2, 0.25) is 0 Å². The Labute approximate surface area is 290 Å². The topological polar surface area (TPSA) is 137 Å². The molecule has 1 atom stereocenters. The smallest absolute Gasteiger partial charge is 0.299 e. The molecule has 0 spiro atoms. The Morgan fingerprint density at radius 1 is 0.920 bits per heavy atom. The fraction of sp³-hybridized carbons (Fsp3) is 0.162. The van der Waals surface area contributed by atoms with Crippen LogP contribution in [0.15, 0.2) is 96.4 Å². The maximum atomic E-state index is 14.6. The summed E-state index contributed by atoms with van der Waals surface area (Å²) in [4.78, 5) is 62.3. The number of fused-ring (bicyclic) bond motifs is 2. The minimum Gasteiger partial charge on any atom is -0.493 e. The summed E-state index contributed by atoms with van der Waals surface area (Å²) in [5.41, 5.74) is 2.94. The number of thiazole rings is 1. The molecule has 3 amide bonds. The van der Waals surface area contributed by atoms with Gasteiger partial charge >= 0.3 is 0 Å². The Morgan fingerprint density at radius 2 is 1.68 bits per heavy atom. The molecule has 0 fully saturated rings. The van der Waals surface area contributed by atoms with E-state index in [1.165, 1.54) is 30.5 Å². The van der Waals surface area contributed by atoms with E-state index in [0.29, 0.717) is 50.6 Å². The number of ketones is 1. The first-order chi connectivity index (χ1) is 24.3. The largest absolute Gasteiger partial charge is 0.493 e. The zero-order chi connectivity index (χ0) is 34.8. The Morgan fingerprint density at radius 3 is 2.48 bits per heavy atom. The summed E-state index contributed by atoms with van der Waals surface area (Å²) in [5.74, 6) is -0.919. The average Bonchev–Trinajstić information content (AvgIpc) is 3.87. The highest BCUT2D eigenvalue weighted by Gasteiger charge is 2.40. The monoisotopic (exact) mass is 690 g/mol. The van der Waals surface area contributed by atoms with Gasteiger partial charge in [0.2, 0.25) is 12.7 Å². The van der Waals surface area contributed by atoms with E-state index in [-0.39, 0.29) is 18.9 Å². The van der Waals surface area contributed by atoms with E-state index in [0.717, 1.165) is 10.5 Å². The number of carbonyl (C=O) groups is 4. The Balaban J connectivity index is 1.30. The van der Waals surface area contributed by atoms with Crippen LogP contribution in [0, 0.1) is 0 Å². The molecular formula is C37H30N4O8S. The number of nitrogens with one attached hydrogen (secondary N) is 1. The predicted molar refractivity (Wildman–Crippen MR) is 185 cm³/mol. The number of hydrogen-bond donors (Lipinski definition) is 1. The van der Waals surface area contributed by atoms with Gasteiger partial charge in [-0.15, -0.1) is 11.3 Å². The maximum absolute atomic E-state index is 14.6. The van der Waals surface area contributed by atoms with Gasteiger partial charge in [-0.3, -0.25) is 24.1 Å². The van der Waals surface area contributed by atoms with Gasteiger partial charge in [0.1, 0.15) is 17.6 Å². The van der Waals surface area contributed by atoms with Gasteiger partial charge in [-0.2, -0.15) is 0 Å². The van der Waals surface area contributed by atoms with Gasteiger partial charge in [-0.1, -0.05) is 48.5 Å². The van der Waals surface area contributed by atoms with Crippen molar-refractivity contribution in [3.63, 3.8) is 0 Å². The van der Waals surface area contributed by atoms with Crippen molar-refractivity contribution >= 4 is 46.2 Å². The minimum atomic E-state index is -1.26. The lowest BCUT2D eigenvalue weighted by molar-refractivity contribution is -0.139. The van der Waals surface area contributed by atoms with Crippen molar-refractivity contribution in [2.24, 2.45) is 0 Å². The molecule has 3 heterocycles. The number of para-hydroxylation sites is 1. The number of amides is 3. The molecule has 7 rings (SSSR count). The highest BCUT2D eigenvalue weighted by molar-refractivity contribution is 7.09. The number of methoxy groups -OCH3 is 2. The minimum absolute atomic E-state index is 0.0584. The van der Waals surface area contributed by atoms with Gasteiger partial charge in [-0.25, -0.2) is 4.98 Å². The summed E-state index contributed by atoms with van der Waals surface area (Å²) in [7, 11) is 2.97. The quantitative estimate of drug-likeness (QED) is 0.178. The summed E-state index contributed by atoms with van der Waals surface area (Å²) < 4.78 is 21.9. The first-order valence-electron chi connectivity index (χ1n) is 15.5. The number of carbonyl (C=O) groups excluding carboxylic acids is 4. The average molecular weight is 691 g/mol. The highest BCUT2D eigenvalue weighted by Crippen LogP contribution is 2.37. The third-order valence-electron chi connectivity index (χ3n) is 8.34. The summed E-state index contributed by atoms with van der Waals surface area (Å²) in [6, 6.07) is 24.7. The molecule has 12 nitrogen and oxygen atoms in total. The number of hydrogen-bond acceptors (Lipinski definition) is 10. The number of ether oxygens (including phenoxy) is 4. The van der Waals surface area contributed by atoms with E-state index >= 15 is 0 Å². The number of aromatic nitrogens is 1. The second kappa shape index (κ2) is 13.7. The Bertz CT molecular complexity index is 2120. The molecule has 0 bridgehead atoms. The lowest BCUT2D eigenvalue weighted by Gasteiger charge is -2.32. The predicted octanol–water partition coefficient (Wildman–Crippen LogP) is 5.49. The zero-order valence-corrected chi connectivity index (χ0v) is 27.8. The van der Waals surface area contributed by atoms with Crippen LogP contribution in [-0.2, 0) is 20.9 Å². The van der Waals surface area contributed by atoms with Gasteiger partial charge in [0, 0.05) is 22.7 Å². The zero-order valence-electron chi connectivity index (χ0n) is 27.0. The third-order valence-corrected chi connectivity index (χ3v) is 9.18. The fourth-order valence-corrected chi connectivity index (χ4v) is 6.71. The van der Waals surface area contributed by atoms with Crippen LogP contribution >= 0.6 is 11.3 Å². The van der Waals surface area contributed by atoms with E-state index in [1.54, 1.807) is 60.7 Å². The SMILES string of the molecule is COc1ccc([C@@H](C(=O)Nc2ccc3c(c2)OCO3)N(Cc2nc(-c3ccccc3)cs2)C(=O)CN2C(=O)C(=O)c3ccccc32)cc1OC. The van der Waals surface area contributed by atoms with E-state index in [1.807, 2.05) is 35.7 Å². The molecule has 2 aliphatic rings. The molecular weight excluding hydrogens is 660 g/mol. The third kappa shape index (κ3) is 6.21. The van der Waals surface area contributed by atoms with Crippen molar-refractivity contribution in [2.45, 2.75) is 12.6 Å². The summed E-state index contributed by atoms with van der Waals surface area (Å²) in [5, 5.41) is 5.35.